The maximum atomic E-state index is 2.46. The van der Waals surface area contributed by atoms with Gasteiger partial charge in [0.05, 0.1) is 5.56 Å². The van der Waals surface area contributed by atoms with Crippen molar-refractivity contribution in [3.8, 4) is 11.3 Å². The number of aryl methyl sites for hydroxylation is 2. The molecule has 2 aromatic heterocycles. The fourth-order valence-corrected chi connectivity index (χ4v) is 6.15. The van der Waals surface area contributed by atoms with Gasteiger partial charge in [0.1, 0.15) is 7.05 Å². The molecule has 0 aliphatic rings. The van der Waals surface area contributed by atoms with Gasteiger partial charge >= 0.3 is 0 Å². The van der Waals surface area contributed by atoms with Crippen molar-refractivity contribution < 1.29 is 4.57 Å². The van der Waals surface area contributed by atoms with Crippen LogP contribution in [-0.2, 0) is 13.5 Å². The normalized spacial score (nSPS) is 12.3. The maximum absolute atomic E-state index is 2.46. The predicted molar refractivity (Wildman–Crippen MR) is 136 cm³/mol. The number of fused-ring (bicyclic) bond motifs is 4. The number of rotatable bonds is 2. The second kappa shape index (κ2) is 7.17. The average molecular weight is 425 g/mol. The highest BCUT2D eigenvalue weighted by atomic mass is 32.1. The molecule has 0 unspecified atom stereocenters. The van der Waals surface area contributed by atoms with Crippen molar-refractivity contribution in [3.63, 3.8) is 0 Å². The van der Waals surface area contributed by atoms with Crippen LogP contribution in [0.3, 0.4) is 0 Å². The lowest BCUT2D eigenvalue weighted by atomic mass is 9.85. The Kier molecular flexibility index (Phi) is 4.67. The summed E-state index contributed by atoms with van der Waals surface area (Å²) < 4.78 is 5.16. The highest BCUT2D eigenvalue weighted by Crippen LogP contribution is 2.42. The molecule has 0 saturated heterocycles. The zero-order chi connectivity index (χ0) is 21.9. The lowest BCUT2D eigenvalue weighted by Gasteiger charge is -2.20. The molecular formula is C29H30NS+. The highest BCUT2D eigenvalue weighted by Gasteiger charge is 2.25. The fourth-order valence-electron chi connectivity index (χ4n) is 4.86. The molecule has 0 N–H and O–H groups in total. The summed E-state index contributed by atoms with van der Waals surface area (Å²) in [6.07, 6.45) is 1.06. The van der Waals surface area contributed by atoms with Crippen molar-refractivity contribution in [2.24, 2.45) is 12.5 Å². The first kappa shape index (κ1) is 20.2. The van der Waals surface area contributed by atoms with Gasteiger partial charge in [-0.25, -0.2) is 0 Å². The molecule has 31 heavy (non-hydrogen) atoms. The Bertz CT molecular complexity index is 1460. The Morgan fingerprint density at radius 3 is 2.26 bits per heavy atom. The third kappa shape index (κ3) is 3.34. The summed E-state index contributed by atoms with van der Waals surface area (Å²) in [5, 5.41) is 4.11. The maximum Gasteiger partial charge on any atom is 0.214 e. The van der Waals surface area contributed by atoms with Crippen LogP contribution < -0.4 is 4.57 Å². The summed E-state index contributed by atoms with van der Waals surface area (Å²) in [6, 6.07) is 22.5. The molecule has 0 aliphatic carbocycles. The molecule has 0 aliphatic heterocycles. The summed E-state index contributed by atoms with van der Waals surface area (Å²) in [5.74, 6) is 0. The van der Waals surface area contributed by atoms with E-state index >= 15 is 0 Å². The van der Waals surface area contributed by atoms with Crippen LogP contribution >= 0.6 is 11.3 Å². The first-order valence-electron chi connectivity index (χ1n) is 11.1. The second-order valence-corrected chi connectivity index (χ2v) is 11.1. The second-order valence-electron chi connectivity index (χ2n) is 10.0. The fraction of sp³-hybridized carbons (Fsp3) is 0.276. The number of aromatic nitrogens is 1. The van der Waals surface area contributed by atoms with Crippen LogP contribution in [0.4, 0.5) is 0 Å². The molecule has 0 atom stereocenters. The predicted octanol–water partition coefficient (Wildman–Crippen LogP) is 7.90. The molecule has 156 valence electrons. The van der Waals surface area contributed by atoms with E-state index in [-0.39, 0.29) is 5.41 Å². The molecule has 0 saturated carbocycles. The minimum absolute atomic E-state index is 0.231. The Hall–Kier alpha value is -2.71. The number of benzene rings is 3. The van der Waals surface area contributed by atoms with Crippen molar-refractivity contribution >= 4 is 42.4 Å². The Labute approximate surface area is 189 Å². The quantitative estimate of drug-likeness (QED) is 0.254. The van der Waals surface area contributed by atoms with E-state index in [1.807, 2.05) is 11.3 Å². The molecule has 1 nitrogen and oxygen atoms in total. The molecule has 0 spiro atoms. The van der Waals surface area contributed by atoms with Crippen LogP contribution in [0.1, 0.15) is 37.5 Å². The standard InChI is InChI=1S/C29H30NS/c1-18-15-23-22-12-8-10-14-26(22)31-28(23)27(19(18)2)25-16-20(17-29(3,4)5)21-11-7-9-13-24(21)30(25)6/h7-16H,17H2,1-6H3/q+1. The van der Waals surface area contributed by atoms with Gasteiger partial charge in [0.15, 0.2) is 0 Å². The van der Waals surface area contributed by atoms with Crippen LogP contribution in [0.15, 0.2) is 60.7 Å². The number of hydrogen-bond acceptors (Lipinski definition) is 1. The van der Waals surface area contributed by atoms with Crippen LogP contribution in [-0.4, -0.2) is 0 Å². The summed E-state index contributed by atoms with van der Waals surface area (Å²) in [5.41, 5.74) is 8.41. The van der Waals surface area contributed by atoms with Crippen molar-refractivity contribution in [2.75, 3.05) is 0 Å². The molecule has 5 aromatic rings. The largest absolute Gasteiger partial charge is 0.214 e. The molecule has 5 rings (SSSR count). The summed E-state index contributed by atoms with van der Waals surface area (Å²) in [7, 11) is 2.22. The molecule has 0 fully saturated rings. The third-order valence-electron chi connectivity index (χ3n) is 6.45. The number of para-hydroxylation sites is 1. The molecule has 2 heterocycles. The molecule has 0 bridgehead atoms. The monoisotopic (exact) mass is 424 g/mol. The van der Waals surface area contributed by atoms with Gasteiger partial charge in [-0.15, -0.1) is 11.3 Å². The van der Waals surface area contributed by atoms with Gasteiger partial charge in [0, 0.05) is 37.7 Å². The third-order valence-corrected chi connectivity index (χ3v) is 7.65. The van der Waals surface area contributed by atoms with Crippen LogP contribution in [0.2, 0.25) is 0 Å². The molecule has 0 radical (unpaired) electrons. The molecule has 3 aromatic carbocycles. The van der Waals surface area contributed by atoms with Gasteiger partial charge in [-0.05, 0) is 60.6 Å². The molecule has 0 amide bonds. The number of thiophene rings is 1. The van der Waals surface area contributed by atoms with E-state index in [4.69, 9.17) is 0 Å². The zero-order valence-corrected chi connectivity index (χ0v) is 20.2. The van der Waals surface area contributed by atoms with E-state index in [1.165, 1.54) is 59.0 Å². The number of hydrogen-bond donors (Lipinski definition) is 0. The Morgan fingerprint density at radius 1 is 0.839 bits per heavy atom. The van der Waals surface area contributed by atoms with E-state index in [0.29, 0.717) is 0 Å². The van der Waals surface area contributed by atoms with Gasteiger partial charge in [-0.1, -0.05) is 51.1 Å². The van der Waals surface area contributed by atoms with E-state index in [0.717, 1.165) is 6.42 Å². The van der Waals surface area contributed by atoms with Gasteiger partial charge in [0.25, 0.3) is 0 Å². The smallest absolute Gasteiger partial charge is 0.194 e. The van der Waals surface area contributed by atoms with Crippen molar-refractivity contribution in [1.82, 2.24) is 0 Å². The van der Waals surface area contributed by atoms with Crippen LogP contribution in [0.25, 0.3) is 42.3 Å². The minimum atomic E-state index is 0.231. The Morgan fingerprint density at radius 2 is 1.52 bits per heavy atom. The summed E-state index contributed by atoms with van der Waals surface area (Å²) >= 11 is 1.93. The van der Waals surface area contributed by atoms with Crippen molar-refractivity contribution in [2.45, 2.75) is 41.0 Å². The van der Waals surface area contributed by atoms with E-state index in [2.05, 4.69) is 107 Å². The van der Waals surface area contributed by atoms with Crippen LogP contribution in [0.5, 0.6) is 0 Å². The van der Waals surface area contributed by atoms with Gasteiger partial charge < -0.3 is 0 Å². The van der Waals surface area contributed by atoms with E-state index < -0.39 is 0 Å². The first-order chi connectivity index (χ1) is 14.7. The number of nitrogens with zero attached hydrogens (tertiary/aromatic N) is 1. The van der Waals surface area contributed by atoms with Crippen LogP contribution in [0, 0.1) is 19.3 Å². The highest BCUT2D eigenvalue weighted by molar-refractivity contribution is 7.26. The van der Waals surface area contributed by atoms with Crippen molar-refractivity contribution in [1.29, 1.82) is 0 Å². The minimum Gasteiger partial charge on any atom is -0.194 e. The van der Waals surface area contributed by atoms with Crippen molar-refractivity contribution in [3.05, 3.63) is 77.4 Å². The van der Waals surface area contributed by atoms with E-state index in [9.17, 15) is 0 Å². The summed E-state index contributed by atoms with van der Waals surface area (Å²) in [6.45, 7) is 11.5. The first-order valence-corrected chi connectivity index (χ1v) is 11.9. The SMILES string of the molecule is Cc1cc2c(sc3ccccc32)c(-c2cc(CC(C)(C)C)c3ccccc3[n+]2C)c1C. The lowest BCUT2D eigenvalue weighted by molar-refractivity contribution is -0.633. The lowest BCUT2D eigenvalue weighted by Crippen LogP contribution is -2.33. The zero-order valence-electron chi connectivity index (χ0n) is 19.3. The Balaban J connectivity index is 1.92. The van der Waals surface area contributed by atoms with Gasteiger partial charge in [-0.2, -0.15) is 4.57 Å². The van der Waals surface area contributed by atoms with Gasteiger partial charge in [0.2, 0.25) is 11.2 Å². The number of pyridine rings is 1. The van der Waals surface area contributed by atoms with Gasteiger partial charge in [-0.3, -0.25) is 0 Å². The van der Waals surface area contributed by atoms with E-state index in [1.54, 1.807) is 0 Å². The topological polar surface area (TPSA) is 3.88 Å². The molecular weight excluding hydrogens is 394 g/mol. The summed E-state index contributed by atoms with van der Waals surface area (Å²) in [4.78, 5) is 0. The molecule has 2 heteroatoms. The average Bonchev–Trinajstić information content (AvgIpc) is 3.09.